The third-order valence-electron chi connectivity index (χ3n) is 9.23. The first-order valence-electron chi connectivity index (χ1n) is 16.7. The van der Waals surface area contributed by atoms with Crippen LogP contribution in [0.15, 0.2) is 164 Å². The van der Waals surface area contributed by atoms with Gasteiger partial charge >= 0.3 is 202 Å². The van der Waals surface area contributed by atoms with Crippen LogP contribution in [0.3, 0.4) is 0 Å². The van der Waals surface area contributed by atoms with E-state index in [1.165, 1.54) is 60.0 Å². The van der Waals surface area contributed by atoms with Crippen molar-refractivity contribution >= 4 is 76.3 Å². The topological polar surface area (TPSA) is 18.0 Å². The van der Waals surface area contributed by atoms with Crippen LogP contribution in [0, 0.1) is 0 Å². The Balaban J connectivity index is 0.00000392. The fourth-order valence-electron chi connectivity index (χ4n) is 6.80. The van der Waals surface area contributed by atoms with Gasteiger partial charge in [0.15, 0.2) is 0 Å². The Bertz CT molecular complexity index is 2470. The van der Waals surface area contributed by atoms with Crippen LogP contribution in [0.25, 0.3) is 44.9 Å². The molecule has 6 aromatic carbocycles. The maximum atomic E-state index is 6.82. The molecule has 0 atom stereocenters. The number of nitrogens with zero attached hydrogens (tertiary/aromatic N) is 2. The Hall–Kier alpha value is -4.50. The summed E-state index contributed by atoms with van der Waals surface area (Å²) in [5, 5.41) is 6.18. The van der Waals surface area contributed by atoms with E-state index in [1.54, 1.807) is 0 Å². The number of fused-ring (bicyclic) bond motifs is 4. The van der Waals surface area contributed by atoms with Crippen LogP contribution in [0.4, 0.5) is 0 Å². The summed E-state index contributed by atoms with van der Waals surface area (Å²) in [7, 11) is 0. The van der Waals surface area contributed by atoms with Crippen molar-refractivity contribution < 1.29 is 26.1 Å². The second kappa shape index (κ2) is 14.8. The third-order valence-corrected chi connectivity index (χ3v) is 14.8. The zero-order valence-corrected chi connectivity index (χ0v) is 31.9. The molecule has 0 unspecified atom stereocenters. The minimum atomic E-state index is -2.21. The Morgan fingerprint density at radius 2 is 1.26 bits per heavy atom. The van der Waals surface area contributed by atoms with Crippen LogP contribution in [0.1, 0.15) is 23.6 Å². The Kier molecular flexibility index (Phi) is 10.0. The second-order valence-corrected chi connectivity index (χ2v) is 17.8. The molecule has 0 N–H and O–H groups in total. The minimum Gasteiger partial charge on any atom is -1.00 e. The maximum absolute atomic E-state index is 6.82. The predicted octanol–water partition coefficient (Wildman–Crippen LogP) is 6.52. The van der Waals surface area contributed by atoms with E-state index < -0.39 is 5.74 Å². The molecule has 3 nitrogen and oxygen atoms in total. The summed E-state index contributed by atoms with van der Waals surface area (Å²) in [6, 6.07) is 56.0. The molecule has 0 aliphatic rings. The Morgan fingerprint density at radius 3 is 1.96 bits per heavy atom. The average molecular weight is 799 g/mol. The summed E-state index contributed by atoms with van der Waals surface area (Å²) in [5.74, 6) is 0.858. The van der Waals surface area contributed by atoms with Gasteiger partial charge < -0.3 is 21.5 Å². The van der Waals surface area contributed by atoms with Crippen molar-refractivity contribution in [1.29, 1.82) is 0 Å². The summed E-state index contributed by atoms with van der Waals surface area (Å²) < 4.78 is 11.5. The van der Waals surface area contributed by atoms with Crippen LogP contribution in [0.5, 0.6) is 5.75 Å². The molecule has 6 heteroatoms. The number of aryl methyl sites for hydroxylation is 1. The van der Waals surface area contributed by atoms with Crippen LogP contribution in [-0.2, 0) is 13.1 Å². The molecule has 0 spiro atoms. The zero-order chi connectivity index (χ0) is 33.2. The van der Waals surface area contributed by atoms with Crippen LogP contribution in [-0.4, -0.2) is 19.7 Å². The fourth-order valence-corrected chi connectivity index (χ4v) is 10.9. The van der Waals surface area contributed by atoms with E-state index in [2.05, 4.69) is 195 Å². The van der Waals surface area contributed by atoms with Gasteiger partial charge in [0.1, 0.15) is 0 Å². The van der Waals surface area contributed by atoms with Gasteiger partial charge in [-0.1, -0.05) is 30.3 Å². The summed E-state index contributed by atoms with van der Waals surface area (Å²) in [6.45, 7) is 3.93. The van der Waals surface area contributed by atoms with Gasteiger partial charge in [-0.25, -0.2) is 0 Å². The van der Waals surface area contributed by atoms with Crippen LogP contribution in [0.2, 0.25) is 0 Å². The van der Waals surface area contributed by atoms with Crippen molar-refractivity contribution in [2.75, 3.05) is 0 Å². The van der Waals surface area contributed by atoms with E-state index in [-0.39, 0.29) is 17.0 Å². The molecular formula is C44H36BrN2OPSe. The van der Waals surface area contributed by atoms with Crippen molar-refractivity contribution in [2.24, 2.45) is 0 Å². The molecule has 2 heterocycles. The summed E-state index contributed by atoms with van der Waals surface area (Å²) in [6.07, 6.45) is 6.68. The van der Waals surface area contributed by atoms with Crippen molar-refractivity contribution in [1.82, 2.24) is 4.57 Å². The van der Waals surface area contributed by atoms with Gasteiger partial charge in [-0.2, -0.15) is 0 Å². The summed E-state index contributed by atoms with van der Waals surface area (Å²) >= 11 is 3.47. The fraction of sp³-hybridized carbons (Fsp3) is 0.0682. The maximum Gasteiger partial charge on any atom is 0.0491 e. The van der Waals surface area contributed by atoms with Crippen molar-refractivity contribution in [2.45, 2.75) is 20.0 Å². The van der Waals surface area contributed by atoms with E-state index >= 15 is 0 Å². The molecule has 0 bridgehead atoms. The van der Waals surface area contributed by atoms with Gasteiger partial charge in [-0.15, -0.1) is 0 Å². The molecule has 0 radical (unpaired) electrons. The number of para-hydroxylation sites is 2. The molecule has 0 amide bonds. The molecule has 0 saturated carbocycles. The second-order valence-electron chi connectivity index (χ2n) is 12.2. The van der Waals surface area contributed by atoms with Gasteiger partial charge in [0, 0.05) is 28.4 Å². The number of hydrogen-bond acceptors (Lipinski definition) is 1. The number of aromatic nitrogens is 2. The molecule has 0 fully saturated rings. The SMILES string of the molecule is CCn1c2ccccc2c2cc(/C=C/c3cc[n+](Cc4ccc(OP(=[Se])(c5ccccc5)c5ccccc5)cc4)c4ccccc34)ccc21.[Br-]. The first kappa shape index (κ1) is 34.0. The predicted molar refractivity (Wildman–Crippen MR) is 209 cm³/mol. The minimum absolute atomic E-state index is 0. The van der Waals surface area contributed by atoms with E-state index in [9.17, 15) is 0 Å². The Morgan fingerprint density at radius 1 is 0.640 bits per heavy atom. The smallest absolute Gasteiger partial charge is 0.0491 e. The van der Waals surface area contributed by atoms with Gasteiger partial charge in [-0.3, -0.25) is 0 Å². The number of benzene rings is 6. The first-order valence-corrected chi connectivity index (χ1v) is 20.6. The van der Waals surface area contributed by atoms with Crippen molar-refractivity contribution in [3.05, 3.63) is 181 Å². The normalized spacial score (nSPS) is 11.7. The monoisotopic (exact) mass is 798 g/mol. The molecule has 246 valence electrons. The molecular weight excluding hydrogens is 762 g/mol. The first-order chi connectivity index (χ1) is 24.1. The number of halogens is 1. The van der Waals surface area contributed by atoms with E-state index in [4.69, 9.17) is 4.52 Å². The molecule has 2 aromatic heterocycles. The molecule has 8 aromatic rings. The number of rotatable bonds is 9. The summed E-state index contributed by atoms with van der Waals surface area (Å²) in [5.41, 5.74) is 5.19. The molecule has 0 aliphatic carbocycles. The largest absolute Gasteiger partial charge is 1.00 e. The zero-order valence-electron chi connectivity index (χ0n) is 27.7. The average Bonchev–Trinajstić information content (AvgIpc) is 3.49. The van der Waals surface area contributed by atoms with E-state index in [0.29, 0.717) is 0 Å². The number of hydrogen-bond donors (Lipinski definition) is 0. The summed E-state index contributed by atoms with van der Waals surface area (Å²) in [4.78, 5) is 0. The van der Waals surface area contributed by atoms with Crippen molar-refractivity contribution in [3.8, 4) is 5.75 Å². The molecule has 0 saturated heterocycles. The quantitative estimate of drug-likeness (QED) is 0.0925. The van der Waals surface area contributed by atoms with Crippen LogP contribution >= 0.6 is 5.74 Å². The molecule has 0 aliphatic heterocycles. The van der Waals surface area contributed by atoms with Crippen LogP contribution < -0.4 is 36.7 Å². The van der Waals surface area contributed by atoms with Crippen molar-refractivity contribution in [3.63, 3.8) is 0 Å². The third kappa shape index (κ3) is 6.55. The Labute approximate surface area is 311 Å². The van der Waals surface area contributed by atoms with E-state index in [1.807, 2.05) is 12.1 Å². The van der Waals surface area contributed by atoms with E-state index in [0.717, 1.165) is 18.8 Å². The van der Waals surface area contributed by atoms with Gasteiger partial charge in [0.25, 0.3) is 0 Å². The number of pyridine rings is 1. The molecule has 50 heavy (non-hydrogen) atoms. The van der Waals surface area contributed by atoms with Gasteiger partial charge in [0.05, 0.1) is 0 Å². The standard InChI is InChI=1S/C44H36N2OPSe.BrH/c1-2-46-43-20-12-10-18-40(43)41-31-33(24-28-44(41)46)21-25-35-29-30-45(42-19-11-9-17-39(35)42)32-34-22-26-36(27-23-34)47-48(49,37-13-5-3-6-14-37)38-15-7-4-8-16-38;/h3-31H,2,32H2,1H3;1H/q+1;/p-1. The molecule has 8 rings (SSSR count). The van der Waals surface area contributed by atoms with Gasteiger partial charge in [-0.05, 0) is 30.7 Å². The van der Waals surface area contributed by atoms with Gasteiger partial charge in [0.2, 0.25) is 0 Å².